The van der Waals surface area contributed by atoms with Gasteiger partial charge in [-0.25, -0.2) is 9.67 Å². The number of hydrogen-bond acceptors (Lipinski definition) is 6. The Labute approximate surface area is 117 Å². The molecule has 0 bridgehead atoms. The van der Waals surface area contributed by atoms with Crippen LogP contribution in [0.4, 0.5) is 5.82 Å². The van der Waals surface area contributed by atoms with Crippen molar-refractivity contribution in [2.24, 2.45) is 0 Å². The number of ether oxygens (including phenoxy) is 1. The second-order valence-corrected chi connectivity index (χ2v) is 4.68. The van der Waals surface area contributed by atoms with Gasteiger partial charge < -0.3 is 9.64 Å². The molecule has 1 aliphatic heterocycles. The molecule has 0 unspecified atom stereocenters. The highest BCUT2D eigenvalue weighted by Gasteiger charge is 2.20. The lowest BCUT2D eigenvalue weighted by molar-refractivity contribution is 0.130. The highest BCUT2D eigenvalue weighted by Crippen LogP contribution is 2.19. The molecule has 0 aliphatic carbocycles. The van der Waals surface area contributed by atoms with Crippen LogP contribution in [0, 0.1) is 0 Å². The summed E-state index contributed by atoms with van der Waals surface area (Å²) >= 11 is 0. The Morgan fingerprint density at radius 2 is 2.25 bits per heavy atom. The summed E-state index contributed by atoms with van der Waals surface area (Å²) in [5.41, 5.74) is 2.03. The molecule has 2 aromatic rings. The Morgan fingerprint density at radius 3 is 3.05 bits per heavy atom. The number of fused-ring (bicyclic) bond motifs is 1. The van der Waals surface area contributed by atoms with Gasteiger partial charge in [-0.3, -0.25) is 4.98 Å². The molecule has 3 heterocycles. The Morgan fingerprint density at radius 1 is 1.30 bits per heavy atom. The molecule has 0 spiro atoms. The van der Waals surface area contributed by atoms with Crippen LogP contribution in [0.3, 0.4) is 0 Å². The summed E-state index contributed by atoms with van der Waals surface area (Å²) in [7, 11) is 0. The van der Waals surface area contributed by atoms with E-state index in [1.807, 2.05) is 11.6 Å². The van der Waals surface area contributed by atoms with Gasteiger partial charge in [0.15, 0.2) is 0 Å². The lowest BCUT2D eigenvalue weighted by atomic mass is 10.3. The van der Waals surface area contributed by atoms with E-state index in [0.29, 0.717) is 13.2 Å². The average Bonchev–Trinajstić information content (AvgIpc) is 2.74. The van der Waals surface area contributed by atoms with E-state index in [4.69, 9.17) is 4.74 Å². The predicted molar refractivity (Wildman–Crippen MR) is 73.1 cm³/mol. The summed E-state index contributed by atoms with van der Waals surface area (Å²) in [6.07, 6.45) is 6.22. The van der Waals surface area contributed by atoms with E-state index >= 15 is 0 Å². The molecule has 0 fully saturated rings. The van der Waals surface area contributed by atoms with Gasteiger partial charge in [0.25, 0.3) is 0 Å². The Balaban J connectivity index is 1.84. The SMILES string of the molecule is CCOCc1nnn2c1CN(c1cnccn1)CCC2. The number of aromatic nitrogens is 5. The molecule has 0 saturated heterocycles. The number of anilines is 1. The molecule has 0 saturated carbocycles. The van der Waals surface area contributed by atoms with E-state index in [1.54, 1.807) is 18.6 Å². The lowest BCUT2D eigenvalue weighted by Crippen LogP contribution is -2.24. The fourth-order valence-electron chi connectivity index (χ4n) is 2.35. The molecule has 1 aliphatic rings. The van der Waals surface area contributed by atoms with Crippen molar-refractivity contribution < 1.29 is 4.74 Å². The molecule has 0 atom stereocenters. The maximum Gasteiger partial charge on any atom is 0.147 e. The minimum Gasteiger partial charge on any atom is -0.375 e. The van der Waals surface area contributed by atoms with Crippen molar-refractivity contribution in [2.75, 3.05) is 18.1 Å². The van der Waals surface area contributed by atoms with E-state index in [9.17, 15) is 0 Å². The van der Waals surface area contributed by atoms with Crippen molar-refractivity contribution in [1.82, 2.24) is 25.0 Å². The minimum absolute atomic E-state index is 0.514. The van der Waals surface area contributed by atoms with Crippen molar-refractivity contribution in [3.8, 4) is 0 Å². The normalized spacial score (nSPS) is 14.9. The van der Waals surface area contributed by atoms with Crippen LogP contribution in [0.1, 0.15) is 24.7 Å². The monoisotopic (exact) mass is 274 g/mol. The third-order valence-electron chi connectivity index (χ3n) is 3.37. The van der Waals surface area contributed by atoms with Gasteiger partial charge in [0.1, 0.15) is 11.5 Å². The molecular formula is C13H18N6O. The van der Waals surface area contributed by atoms with Crippen molar-refractivity contribution in [2.45, 2.75) is 33.0 Å². The van der Waals surface area contributed by atoms with Gasteiger partial charge >= 0.3 is 0 Å². The maximum absolute atomic E-state index is 5.46. The molecule has 2 aromatic heterocycles. The van der Waals surface area contributed by atoms with Gasteiger partial charge in [0.05, 0.1) is 25.0 Å². The van der Waals surface area contributed by atoms with Crippen LogP contribution in [0.5, 0.6) is 0 Å². The zero-order valence-electron chi connectivity index (χ0n) is 11.6. The van der Waals surface area contributed by atoms with Crippen LogP contribution >= 0.6 is 0 Å². The zero-order chi connectivity index (χ0) is 13.8. The first-order valence-corrected chi connectivity index (χ1v) is 6.88. The largest absolute Gasteiger partial charge is 0.375 e. The summed E-state index contributed by atoms with van der Waals surface area (Å²) in [4.78, 5) is 10.7. The Kier molecular flexibility index (Phi) is 3.87. The van der Waals surface area contributed by atoms with Gasteiger partial charge in [-0.2, -0.15) is 0 Å². The molecule has 7 nitrogen and oxygen atoms in total. The van der Waals surface area contributed by atoms with E-state index in [0.717, 1.165) is 43.3 Å². The van der Waals surface area contributed by atoms with Crippen molar-refractivity contribution >= 4 is 5.82 Å². The lowest BCUT2D eigenvalue weighted by Gasteiger charge is -2.20. The van der Waals surface area contributed by atoms with E-state index in [-0.39, 0.29) is 0 Å². The first-order chi connectivity index (χ1) is 9.88. The third kappa shape index (κ3) is 2.62. The second-order valence-electron chi connectivity index (χ2n) is 4.68. The van der Waals surface area contributed by atoms with Gasteiger partial charge in [-0.15, -0.1) is 5.10 Å². The summed E-state index contributed by atoms with van der Waals surface area (Å²) in [5.74, 6) is 0.893. The van der Waals surface area contributed by atoms with Crippen LogP contribution in [0.25, 0.3) is 0 Å². The minimum atomic E-state index is 0.514. The fraction of sp³-hybridized carbons (Fsp3) is 0.538. The van der Waals surface area contributed by atoms with Gasteiger partial charge in [0, 0.05) is 32.1 Å². The Hall–Kier alpha value is -2.02. The molecule has 3 rings (SSSR count). The standard InChI is InChI=1S/C13H18N6O/c1-2-20-10-11-12-9-18(13-8-14-4-5-15-13)6-3-7-19(12)17-16-11/h4-5,8H,2-3,6-7,9-10H2,1H3. The molecule has 0 amide bonds. The van der Waals surface area contributed by atoms with Crippen LogP contribution < -0.4 is 4.90 Å². The quantitative estimate of drug-likeness (QED) is 0.829. The Bertz CT molecular complexity index is 555. The van der Waals surface area contributed by atoms with Crippen molar-refractivity contribution in [3.05, 3.63) is 30.0 Å². The molecule has 7 heteroatoms. The number of aryl methyl sites for hydroxylation is 1. The molecule has 20 heavy (non-hydrogen) atoms. The summed E-state index contributed by atoms with van der Waals surface area (Å²) < 4.78 is 7.44. The number of rotatable bonds is 4. The van der Waals surface area contributed by atoms with Gasteiger partial charge in [-0.1, -0.05) is 5.21 Å². The maximum atomic E-state index is 5.46. The first-order valence-electron chi connectivity index (χ1n) is 6.88. The summed E-state index contributed by atoms with van der Waals surface area (Å²) in [5, 5.41) is 8.45. The summed E-state index contributed by atoms with van der Waals surface area (Å²) in [6.45, 7) is 5.74. The first kappa shape index (κ1) is 13.0. The smallest absolute Gasteiger partial charge is 0.147 e. The molecule has 106 valence electrons. The van der Waals surface area contributed by atoms with Gasteiger partial charge in [-0.05, 0) is 13.3 Å². The van der Waals surface area contributed by atoms with Crippen molar-refractivity contribution in [1.29, 1.82) is 0 Å². The number of hydrogen-bond donors (Lipinski definition) is 0. The van der Waals surface area contributed by atoms with Crippen LogP contribution in [0.15, 0.2) is 18.6 Å². The highest BCUT2D eigenvalue weighted by molar-refractivity contribution is 5.36. The third-order valence-corrected chi connectivity index (χ3v) is 3.37. The van der Waals surface area contributed by atoms with Crippen LogP contribution in [-0.2, 0) is 24.4 Å². The van der Waals surface area contributed by atoms with E-state index in [2.05, 4.69) is 25.2 Å². The molecule has 0 aromatic carbocycles. The predicted octanol–water partition coefficient (Wildman–Crippen LogP) is 1.01. The van der Waals surface area contributed by atoms with E-state index < -0.39 is 0 Å². The van der Waals surface area contributed by atoms with Crippen LogP contribution in [-0.4, -0.2) is 38.1 Å². The summed E-state index contributed by atoms with van der Waals surface area (Å²) in [6, 6.07) is 0. The topological polar surface area (TPSA) is 69.0 Å². The molecular weight excluding hydrogens is 256 g/mol. The van der Waals surface area contributed by atoms with Crippen LogP contribution in [0.2, 0.25) is 0 Å². The van der Waals surface area contributed by atoms with E-state index in [1.165, 1.54) is 0 Å². The zero-order valence-corrected chi connectivity index (χ0v) is 11.6. The fourth-order valence-corrected chi connectivity index (χ4v) is 2.35. The number of nitrogens with zero attached hydrogens (tertiary/aromatic N) is 6. The molecule has 0 N–H and O–H groups in total. The van der Waals surface area contributed by atoms with Gasteiger partial charge in [0.2, 0.25) is 0 Å². The second kappa shape index (κ2) is 5.96. The molecule has 0 radical (unpaired) electrons. The average molecular weight is 274 g/mol. The highest BCUT2D eigenvalue weighted by atomic mass is 16.5. The van der Waals surface area contributed by atoms with Crippen molar-refractivity contribution in [3.63, 3.8) is 0 Å².